The summed E-state index contributed by atoms with van der Waals surface area (Å²) >= 11 is 6.03. The maximum absolute atomic E-state index is 11.2. The summed E-state index contributed by atoms with van der Waals surface area (Å²) in [6, 6.07) is 9.13. The standard InChI is InChI=1S/C17H24ClN5O2S.HI/c1-19-17(23(3)12-16-9-14(18)11-22(16)2)20-10-13-5-7-15(8-6-13)21-26(4,24)25;/h5-9,11,21H,10,12H2,1-4H3,(H,19,20);1H. The fraction of sp³-hybridized carbons (Fsp3) is 0.353. The zero-order valence-electron chi connectivity index (χ0n) is 15.7. The van der Waals surface area contributed by atoms with Crippen LogP contribution in [0.25, 0.3) is 0 Å². The van der Waals surface area contributed by atoms with Crippen LogP contribution < -0.4 is 10.0 Å². The normalized spacial score (nSPS) is 11.7. The van der Waals surface area contributed by atoms with E-state index >= 15 is 0 Å². The quantitative estimate of drug-likeness (QED) is 0.345. The Hall–Kier alpha value is -1.46. The summed E-state index contributed by atoms with van der Waals surface area (Å²) in [5.41, 5.74) is 2.63. The summed E-state index contributed by atoms with van der Waals surface area (Å²) in [5, 5.41) is 4.00. The highest BCUT2D eigenvalue weighted by atomic mass is 127. The molecule has 0 amide bonds. The van der Waals surface area contributed by atoms with E-state index < -0.39 is 10.0 Å². The van der Waals surface area contributed by atoms with E-state index in [0.29, 0.717) is 23.8 Å². The molecule has 2 rings (SSSR count). The second-order valence-electron chi connectivity index (χ2n) is 6.09. The topological polar surface area (TPSA) is 78.7 Å². The maximum atomic E-state index is 11.2. The first-order valence-corrected chi connectivity index (χ1v) is 10.2. The second kappa shape index (κ2) is 10.2. The van der Waals surface area contributed by atoms with Crippen LogP contribution in [-0.4, -0.2) is 44.2 Å². The van der Waals surface area contributed by atoms with Gasteiger partial charge in [0.25, 0.3) is 0 Å². The van der Waals surface area contributed by atoms with E-state index in [1.165, 1.54) is 0 Å². The zero-order chi connectivity index (χ0) is 19.3. The van der Waals surface area contributed by atoms with Gasteiger partial charge in [0.05, 0.1) is 17.8 Å². The predicted molar refractivity (Wildman–Crippen MR) is 122 cm³/mol. The molecule has 0 unspecified atom stereocenters. The number of guanidine groups is 1. The van der Waals surface area contributed by atoms with Crippen LogP contribution in [0.5, 0.6) is 0 Å². The van der Waals surface area contributed by atoms with E-state index in [9.17, 15) is 8.42 Å². The molecule has 150 valence electrons. The van der Waals surface area contributed by atoms with Gasteiger partial charge in [0.1, 0.15) is 0 Å². The number of hydrogen-bond acceptors (Lipinski definition) is 3. The van der Waals surface area contributed by atoms with Crippen molar-refractivity contribution in [3.63, 3.8) is 0 Å². The smallest absolute Gasteiger partial charge is 0.229 e. The Bertz CT molecular complexity index is 881. The van der Waals surface area contributed by atoms with Crippen molar-refractivity contribution < 1.29 is 8.42 Å². The number of sulfonamides is 1. The number of anilines is 1. The van der Waals surface area contributed by atoms with Crippen molar-refractivity contribution in [2.75, 3.05) is 25.1 Å². The van der Waals surface area contributed by atoms with Crippen molar-refractivity contribution in [3.05, 3.63) is 52.8 Å². The molecule has 1 aromatic heterocycles. The lowest BCUT2D eigenvalue weighted by Crippen LogP contribution is -2.38. The number of rotatable bonds is 6. The molecule has 1 aromatic carbocycles. The lowest BCUT2D eigenvalue weighted by molar-refractivity contribution is 0.461. The third kappa shape index (κ3) is 7.59. The number of nitrogens with one attached hydrogen (secondary N) is 2. The number of hydrogen-bond donors (Lipinski definition) is 2. The second-order valence-corrected chi connectivity index (χ2v) is 8.27. The number of nitrogens with zero attached hydrogens (tertiary/aromatic N) is 3. The average molecular weight is 526 g/mol. The Morgan fingerprint density at radius 1 is 1.30 bits per heavy atom. The van der Waals surface area contributed by atoms with Crippen LogP contribution in [0.1, 0.15) is 11.3 Å². The van der Waals surface area contributed by atoms with Crippen molar-refractivity contribution in [2.24, 2.45) is 12.0 Å². The number of benzene rings is 1. The molecule has 0 saturated carbocycles. The van der Waals surface area contributed by atoms with Gasteiger partial charge >= 0.3 is 0 Å². The third-order valence-electron chi connectivity index (χ3n) is 3.75. The molecular weight excluding hydrogens is 501 g/mol. The van der Waals surface area contributed by atoms with Crippen LogP contribution in [0.4, 0.5) is 5.69 Å². The molecule has 0 bridgehead atoms. The van der Waals surface area contributed by atoms with Crippen LogP contribution in [0.3, 0.4) is 0 Å². The fourth-order valence-corrected chi connectivity index (χ4v) is 3.35. The Morgan fingerprint density at radius 2 is 1.93 bits per heavy atom. The first-order valence-electron chi connectivity index (χ1n) is 7.97. The van der Waals surface area contributed by atoms with E-state index in [1.54, 1.807) is 19.2 Å². The minimum Gasteiger partial charge on any atom is -0.352 e. The summed E-state index contributed by atoms with van der Waals surface area (Å²) in [5.74, 6) is 0.751. The highest BCUT2D eigenvalue weighted by molar-refractivity contribution is 14.0. The third-order valence-corrected chi connectivity index (χ3v) is 4.57. The van der Waals surface area contributed by atoms with Crippen LogP contribution in [0.15, 0.2) is 41.5 Å². The zero-order valence-corrected chi connectivity index (χ0v) is 19.6. The Balaban J connectivity index is 0.00000364. The highest BCUT2D eigenvalue weighted by Gasteiger charge is 2.10. The molecule has 0 aliphatic heterocycles. The predicted octanol–water partition coefficient (Wildman–Crippen LogP) is 2.88. The molecule has 0 radical (unpaired) electrons. The Labute approximate surface area is 182 Å². The fourth-order valence-electron chi connectivity index (χ4n) is 2.51. The maximum Gasteiger partial charge on any atom is 0.229 e. The summed E-state index contributed by atoms with van der Waals surface area (Å²) in [7, 11) is 2.38. The summed E-state index contributed by atoms with van der Waals surface area (Å²) in [6.45, 7) is 1.24. The molecule has 2 N–H and O–H groups in total. The summed E-state index contributed by atoms with van der Waals surface area (Å²) in [6.07, 6.45) is 3.00. The van der Waals surface area contributed by atoms with Gasteiger partial charge in [-0.3, -0.25) is 9.71 Å². The molecule has 0 aliphatic carbocycles. The molecule has 0 atom stereocenters. The monoisotopic (exact) mass is 525 g/mol. The molecule has 7 nitrogen and oxygen atoms in total. The van der Waals surface area contributed by atoms with Crippen LogP contribution in [-0.2, 0) is 30.2 Å². The molecule has 0 spiro atoms. The van der Waals surface area contributed by atoms with Crippen LogP contribution >= 0.6 is 35.6 Å². The molecule has 0 aliphatic rings. The van der Waals surface area contributed by atoms with E-state index in [1.807, 2.05) is 48.0 Å². The van der Waals surface area contributed by atoms with Gasteiger partial charge in [-0.1, -0.05) is 23.7 Å². The molecule has 0 saturated heterocycles. The van der Waals surface area contributed by atoms with Gasteiger partial charge in [0, 0.05) is 45.3 Å². The molecule has 2 aromatic rings. The Kier molecular flexibility index (Phi) is 8.89. The minimum atomic E-state index is -3.27. The van der Waals surface area contributed by atoms with Gasteiger partial charge in [0.15, 0.2) is 5.96 Å². The van der Waals surface area contributed by atoms with Crippen LogP contribution in [0, 0.1) is 0 Å². The van der Waals surface area contributed by atoms with Crippen molar-refractivity contribution >= 4 is 57.2 Å². The van der Waals surface area contributed by atoms with Crippen molar-refractivity contribution in [3.8, 4) is 0 Å². The van der Waals surface area contributed by atoms with Crippen molar-refractivity contribution in [2.45, 2.75) is 13.1 Å². The largest absolute Gasteiger partial charge is 0.352 e. The molecule has 0 fully saturated rings. The van der Waals surface area contributed by atoms with Crippen LogP contribution in [0.2, 0.25) is 5.02 Å². The number of aromatic nitrogens is 1. The van der Waals surface area contributed by atoms with Gasteiger partial charge in [-0.15, -0.1) is 24.0 Å². The van der Waals surface area contributed by atoms with Gasteiger partial charge in [-0.25, -0.2) is 8.42 Å². The van der Waals surface area contributed by atoms with Gasteiger partial charge in [0.2, 0.25) is 10.0 Å². The van der Waals surface area contributed by atoms with Crippen molar-refractivity contribution in [1.29, 1.82) is 0 Å². The number of aliphatic imine (C=N–C) groups is 1. The lowest BCUT2D eigenvalue weighted by Gasteiger charge is -2.22. The number of halogens is 2. The molecule has 10 heteroatoms. The highest BCUT2D eigenvalue weighted by Crippen LogP contribution is 2.14. The van der Waals surface area contributed by atoms with Gasteiger partial charge in [-0.05, 0) is 23.8 Å². The summed E-state index contributed by atoms with van der Waals surface area (Å²) < 4.78 is 26.9. The van der Waals surface area contributed by atoms with Gasteiger partial charge < -0.3 is 14.8 Å². The first kappa shape index (κ1) is 23.6. The van der Waals surface area contributed by atoms with E-state index in [-0.39, 0.29) is 24.0 Å². The average Bonchev–Trinajstić information content (AvgIpc) is 2.85. The lowest BCUT2D eigenvalue weighted by atomic mass is 10.2. The van der Waals surface area contributed by atoms with E-state index in [2.05, 4.69) is 15.0 Å². The first-order chi connectivity index (χ1) is 12.2. The summed E-state index contributed by atoms with van der Waals surface area (Å²) in [4.78, 5) is 6.30. The molecule has 27 heavy (non-hydrogen) atoms. The minimum absolute atomic E-state index is 0. The van der Waals surface area contributed by atoms with E-state index in [0.717, 1.165) is 23.5 Å². The molecular formula is C17H25ClIN5O2S. The molecule has 1 heterocycles. The van der Waals surface area contributed by atoms with Crippen molar-refractivity contribution in [1.82, 2.24) is 14.8 Å². The van der Waals surface area contributed by atoms with Gasteiger partial charge in [-0.2, -0.15) is 0 Å². The van der Waals surface area contributed by atoms with E-state index in [4.69, 9.17) is 11.6 Å². The SMILES string of the molecule is CN=C(NCc1ccc(NS(C)(=O)=O)cc1)N(C)Cc1cc(Cl)cn1C.I. The Morgan fingerprint density at radius 3 is 2.41 bits per heavy atom. The number of aryl methyl sites for hydroxylation is 1.